The predicted molar refractivity (Wildman–Crippen MR) is 448 cm³/mol. The summed E-state index contributed by atoms with van der Waals surface area (Å²) in [5, 5.41) is 28.1. The number of nitrogens with zero attached hydrogens (tertiary/aromatic N) is 10. The number of imide groups is 1. The van der Waals surface area contributed by atoms with E-state index in [-0.39, 0.29) is 116 Å². The van der Waals surface area contributed by atoms with Crippen LogP contribution in [0.2, 0.25) is 18.1 Å². The standard InChI is InChI=1S/C85H116N16O15SSi/c1-52(2)74(82(108)100-48-61(116-118(12,13)85(8,9)10)45-66(100)79(106)89-54(5)57-29-31-58(32-30-57)76-55(6)88-50-117-76)69-47-71(95-115-69)112-44-43-96-39-35-60(36-40-96)97-41-42-98-65-46-64(62-25-19-20-27-68(62)113-51-111-11)93-94-77(65)101(56(7)67(98)49-97)84(110)114-81(59-23-16-14-17-24-59)92-78(105)63(26-22-37-87-83(86)109)90-80(107)75(53(3)4)91-70(102)28-18-15-21-38-99-72(103)33-34-73(99)104/h14,16-17,19-20,23-25,27,29-34,46-47,50,52-54,56,60-61,63,66-67,74-75,81H,15,18,21-22,26,28,35-45,48-49,51H2,1-13H3,(H,89,106)(H,90,107)(H,91,102)(H,92,105)(H3,86,87,109)/t54-,56-,61+,63-,66-,67-,74+,75-,81?/m0/s1. The van der Waals surface area contributed by atoms with Crippen molar-refractivity contribution in [3.63, 3.8) is 0 Å². The number of unbranched alkanes of at least 4 members (excludes halogenated alkanes) is 2. The number of primary amides is 1. The maximum atomic E-state index is 15.5. The molecule has 9 atom stereocenters. The smallest absolute Gasteiger partial charge is 0.418 e. The number of hydrogen-bond donors (Lipinski definition) is 6. The number of thiazole rings is 1. The first-order valence-corrected chi connectivity index (χ1v) is 44.9. The number of nitrogens with one attached hydrogen (secondary N) is 5. The number of methoxy groups -OCH3 is 1. The SMILES string of the molecule is COCOc1ccccc1-c1cc2c(nn1)N(C(=O)OC(NC(=O)[C@H](CCCNC(N)=O)NC(=O)[C@@H](NC(=O)CCCCCN1C(=O)C=CC1=O)C(C)C)c1ccccc1)[C@@H](C)[C@@H]1CN(C3CCN(CCOc4cc([C@H](C(=O)N5C[C@H](O[Si](C)(C)C(C)(C)C)C[C@H]5C(=O)N[C@@H](C)c5ccc(-c6scnc6C)cc5)C(C)C)on4)CC3)CCN21. The number of aromatic nitrogens is 4. The van der Waals surface area contributed by atoms with E-state index in [1.165, 1.54) is 24.2 Å². The minimum atomic E-state index is -2.32. The number of amides is 10. The van der Waals surface area contributed by atoms with E-state index in [4.69, 9.17) is 43.8 Å². The van der Waals surface area contributed by atoms with Crippen LogP contribution in [0.15, 0.2) is 113 Å². The molecule has 10 amide bonds. The number of rotatable bonds is 36. The van der Waals surface area contributed by atoms with Crippen molar-refractivity contribution in [2.75, 3.05) is 89.2 Å². The molecule has 3 fully saturated rings. The van der Waals surface area contributed by atoms with Crippen molar-refractivity contribution in [1.29, 1.82) is 0 Å². The lowest BCUT2D eigenvalue weighted by molar-refractivity contribution is -0.141. The topological polar surface area (TPSA) is 370 Å². The fraction of sp³-hybridized carbons (Fsp3) is 0.541. The molecule has 0 radical (unpaired) electrons. The van der Waals surface area contributed by atoms with Crippen molar-refractivity contribution in [2.24, 2.45) is 17.6 Å². The molecule has 0 bridgehead atoms. The third kappa shape index (κ3) is 22.0. The molecule has 1 unspecified atom stereocenters. The number of nitrogens with two attached hydrogens (primary N) is 1. The van der Waals surface area contributed by atoms with Gasteiger partial charge in [-0.05, 0) is 137 Å². The van der Waals surface area contributed by atoms with Gasteiger partial charge in [0.15, 0.2) is 26.7 Å². The molecule has 5 aliphatic heterocycles. The van der Waals surface area contributed by atoms with Gasteiger partial charge in [0.1, 0.15) is 36.4 Å². The Hall–Kier alpha value is -10.2. The van der Waals surface area contributed by atoms with Crippen molar-refractivity contribution in [3.05, 3.63) is 131 Å². The summed E-state index contributed by atoms with van der Waals surface area (Å²) in [6.07, 6.45) is 3.55. The average molecular weight is 1660 g/mol. The summed E-state index contributed by atoms with van der Waals surface area (Å²) < 4.78 is 37.0. The number of anilines is 2. The van der Waals surface area contributed by atoms with Crippen LogP contribution in [-0.2, 0) is 47.5 Å². The summed E-state index contributed by atoms with van der Waals surface area (Å²) in [7, 11) is -0.785. The van der Waals surface area contributed by atoms with E-state index in [2.05, 4.69) is 85.3 Å². The molecule has 0 saturated carbocycles. The van der Waals surface area contributed by atoms with Gasteiger partial charge in [0.2, 0.25) is 35.8 Å². The number of fused-ring (bicyclic) bond motifs is 3. The summed E-state index contributed by atoms with van der Waals surface area (Å²) >= 11 is 1.59. The minimum absolute atomic E-state index is 0.0106. The van der Waals surface area contributed by atoms with E-state index in [0.29, 0.717) is 92.5 Å². The van der Waals surface area contributed by atoms with Gasteiger partial charge in [0, 0.05) is 101 Å². The van der Waals surface area contributed by atoms with Crippen molar-refractivity contribution in [3.8, 4) is 33.3 Å². The quantitative estimate of drug-likeness (QED) is 0.00921. The third-order valence-corrected chi connectivity index (χ3v) is 28.9. The van der Waals surface area contributed by atoms with E-state index in [1.807, 2.05) is 94.7 Å². The molecule has 0 aliphatic carbocycles. The molecule has 3 saturated heterocycles. The number of aryl methyl sites for hydroxylation is 1. The second-order valence-electron chi connectivity index (χ2n) is 33.4. The van der Waals surface area contributed by atoms with Crippen LogP contribution in [0.3, 0.4) is 0 Å². The van der Waals surface area contributed by atoms with Crippen molar-refractivity contribution < 1.29 is 71.0 Å². The first-order chi connectivity index (χ1) is 56.4. The van der Waals surface area contributed by atoms with Gasteiger partial charge >= 0.3 is 12.1 Å². The lowest BCUT2D eigenvalue weighted by Gasteiger charge is -2.53. The number of piperazine rings is 1. The second-order valence-corrected chi connectivity index (χ2v) is 39.0. The number of hydrogen-bond acceptors (Lipinski definition) is 23. The van der Waals surface area contributed by atoms with Crippen molar-refractivity contribution in [1.82, 2.24) is 66.5 Å². The van der Waals surface area contributed by atoms with Gasteiger partial charge < -0.3 is 70.0 Å². The Bertz CT molecular complexity index is 4490. The normalized spacial score (nSPS) is 19.3. The second kappa shape index (κ2) is 40.0. The molecule has 3 aromatic heterocycles. The van der Waals surface area contributed by atoms with Gasteiger partial charge in [-0.25, -0.2) is 14.6 Å². The maximum Gasteiger partial charge on any atom is 0.418 e. The summed E-state index contributed by atoms with van der Waals surface area (Å²) in [6, 6.07) is 22.8. The monoisotopic (exact) mass is 1660 g/mol. The Morgan fingerprint density at radius 1 is 0.771 bits per heavy atom. The van der Waals surface area contributed by atoms with Crippen LogP contribution >= 0.6 is 11.3 Å². The van der Waals surface area contributed by atoms with Crippen LogP contribution in [0.4, 0.5) is 21.1 Å². The van der Waals surface area contributed by atoms with Gasteiger partial charge in [0.05, 0.1) is 51.7 Å². The molecule has 0 spiro atoms. The predicted octanol–water partition coefficient (Wildman–Crippen LogP) is 9.91. The van der Waals surface area contributed by atoms with Gasteiger partial charge in [-0.3, -0.25) is 53.2 Å². The lowest BCUT2D eigenvalue weighted by Crippen LogP contribution is -2.66. The number of ether oxygens (including phenoxy) is 4. The number of piperidine rings is 1. The van der Waals surface area contributed by atoms with Crippen LogP contribution in [0.1, 0.15) is 161 Å². The Morgan fingerprint density at radius 2 is 1.49 bits per heavy atom. The maximum absolute atomic E-state index is 15.5. The van der Waals surface area contributed by atoms with Gasteiger partial charge in [0.25, 0.3) is 17.7 Å². The lowest BCUT2D eigenvalue weighted by atomic mass is 9.91. The number of likely N-dealkylation sites (tertiary alicyclic amines) is 2. The van der Waals surface area contributed by atoms with Crippen LogP contribution in [-0.4, -0.2) is 223 Å². The fourth-order valence-electron chi connectivity index (χ4n) is 15.8. The highest BCUT2D eigenvalue weighted by Crippen LogP contribution is 2.44. The van der Waals surface area contributed by atoms with Crippen LogP contribution < -0.4 is 51.6 Å². The summed E-state index contributed by atoms with van der Waals surface area (Å²) in [5.74, 6) is -3.11. The van der Waals surface area contributed by atoms with Gasteiger partial charge in [-0.15, -0.1) is 21.5 Å². The highest BCUT2D eigenvalue weighted by Gasteiger charge is 2.50. The fourth-order valence-corrected chi connectivity index (χ4v) is 17.9. The summed E-state index contributed by atoms with van der Waals surface area (Å²) in [4.78, 5) is 141. The van der Waals surface area contributed by atoms with E-state index in [0.717, 1.165) is 52.5 Å². The molecule has 118 heavy (non-hydrogen) atoms. The zero-order valence-corrected chi connectivity index (χ0v) is 71.9. The third-order valence-electron chi connectivity index (χ3n) is 23.4. The molecule has 3 aromatic carbocycles. The van der Waals surface area contributed by atoms with Crippen LogP contribution in [0, 0.1) is 18.8 Å². The first-order valence-electron chi connectivity index (χ1n) is 41.1. The average Bonchev–Trinajstić information content (AvgIpc) is 1.10. The number of benzene rings is 3. The zero-order valence-electron chi connectivity index (χ0n) is 70.0. The minimum Gasteiger partial charge on any atom is -0.474 e. The molecule has 6 aromatic rings. The first kappa shape index (κ1) is 88.6. The molecule has 5 aliphatic rings. The number of urea groups is 1. The molecular weight excluding hydrogens is 1550 g/mol. The summed E-state index contributed by atoms with van der Waals surface area (Å²) in [6.45, 7) is 29.1. The van der Waals surface area contributed by atoms with E-state index in [9.17, 15) is 33.6 Å². The van der Waals surface area contributed by atoms with Crippen LogP contribution in [0.5, 0.6) is 11.6 Å². The highest BCUT2D eigenvalue weighted by atomic mass is 32.1. The van der Waals surface area contributed by atoms with Gasteiger partial charge in [-0.2, -0.15) is 0 Å². The molecule has 8 heterocycles. The Kier molecular flexibility index (Phi) is 30.1. The van der Waals surface area contributed by atoms with Crippen LogP contribution in [0.25, 0.3) is 21.7 Å². The van der Waals surface area contributed by atoms with E-state index in [1.54, 1.807) is 66.5 Å². The Morgan fingerprint density at radius 3 is 2.17 bits per heavy atom. The van der Waals surface area contributed by atoms with Crippen molar-refractivity contribution in [2.45, 2.75) is 206 Å². The van der Waals surface area contributed by atoms with Gasteiger partial charge in [-0.1, -0.05) is 122 Å². The molecule has 11 rings (SSSR count). The molecule has 31 nitrogen and oxygen atoms in total. The highest BCUT2D eigenvalue weighted by molar-refractivity contribution is 7.13. The molecule has 33 heteroatoms. The Balaban J connectivity index is 0.744. The van der Waals surface area contributed by atoms with Crippen molar-refractivity contribution >= 4 is 84.6 Å². The number of carbonyl (C=O) groups excluding carboxylic acids is 9. The van der Waals surface area contributed by atoms with E-state index >= 15 is 9.59 Å². The molecule has 636 valence electrons. The van der Waals surface area contributed by atoms with E-state index < -0.39 is 80.4 Å². The molecule has 7 N–H and O–H groups in total. The number of carbonyl (C=O) groups is 9. The summed E-state index contributed by atoms with van der Waals surface area (Å²) in [5.41, 5.74) is 12.4. The number of para-hydroxylation sites is 1. The largest absolute Gasteiger partial charge is 0.474 e. The Labute approximate surface area is 695 Å². The molecular formula is C85H116N16O15SSi. The zero-order chi connectivity index (χ0) is 84.7.